The van der Waals surface area contributed by atoms with E-state index in [-0.39, 0.29) is 42.4 Å². The zero-order valence-corrected chi connectivity index (χ0v) is 26.3. The second-order valence-electron chi connectivity index (χ2n) is 12.9. The molecule has 0 radical (unpaired) electrons. The first-order chi connectivity index (χ1) is 20.1. The van der Waals surface area contributed by atoms with Gasteiger partial charge in [0.25, 0.3) is 0 Å². The lowest BCUT2D eigenvalue weighted by atomic mass is 9.85. The van der Waals surface area contributed by atoms with E-state index in [2.05, 4.69) is 16.7 Å². The van der Waals surface area contributed by atoms with Crippen LogP contribution in [0.25, 0.3) is 0 Å². The van der Waals surface area contributed by atoms with Crippen LogP contribution >= 0.6 is 0 Å². The van der Waals surface area contributed by atoms with Gasteiger partial charge >= 0.3 is 0 Å². The summed E-state index contributed by atoms with van der Waals surface area (Å²) in [6, 6.07) is 6.49. The Labute approximate surface area is 252 Å². The lowest BCUT2D eigenvalue weighted by Gasteiger charge is -2.36. The van der Waals surface area contributed by atoms with Crippen molar-refractivity contribution >= 4 is 17.7 Å². The standard InChI is InChI=1S/C33H53N3O6/c1-6-23(2)30(38)35-29(33(3,4)5)32(40)36-17-12-16-26(36)31(39)34-28-25-15-9-8-14-24(25)22-27(28)42-21-13-20-41-19-11-7-10-18-37/h8-9,14-15,23,26-29,37H,6-7,10-13,16-22H2,1-5H3,(H,34,39)(H,35,38)/t23-,26+,27-,28+,29-/m1/s1. The maximum absolute atomic E-state index is 13.8. The van der Waals surface area contributed by atoms with Crippen LogP contribution in [0.2, 0.25) is 0 Å². The van der Waals surface area contributed by atoms with E-state index in [4.69, 9.17) is 14.6 Å². The Morgan fingerprint density at radius 1 is 1.07 bits per heavy atom. The fraction of sp³-hybridized carbons (Fsp3) is 0.727. The van der Waals surface area contributed by atoms with Gasteiger partial charge in [0.05, 0.1) is 12.1 Å². The molecule has 3 rings (SSSR count). The lowest BCUT2D eigenvalue weighted by Crippen LogP contribution is -2.58. The zero-order chi connectivity index (χ0) is 30.7. The Bertz CT molecular complexity index is 1030. The summed E-state index contributed by atoms with van der Waals surface area (Å²) in [6.07, 6.45) is 6.00. The van der Waals surface area contributed by atoms with Crippen LogP contribution in [0.4, 0.5) is 0 Å². The number of ether oxygens (including phenoxy) is 2. The van der Waals surface area contributed by atoms with Gasteiger partial charge in [-0.05, 0) is 61.5 Å². The molecule has 1 fully saturated rings. The molecule has 0 bridgehead atoms. The molecule has 42 heavy (non-hydrogen) atoms. The average molecular weight is 588 g/mol. The minimum atomic E-state index is -0.715. The molecule has 3 amide bonds. The summed E-state index contributed by atoms with van der Waals surface area (Å²) < 4.78 is 12.0. The van der Waals surface area contributed by atoms with Crippen LogP contribution < -0.4 is 10.6 Å². The molecular weight excluding hydrogens is 534 g/mol. The first-order valence-electron chi connectivity index (χ1n) is 15.9. The van der Waals surface area contributed by atoms with Crippen molar-refractivity contribution in [1.29, 1.82) is 0 Å². The molecule has 1 heterocycles. The third-order valence-corrected chi connectivity index (χ3v) is 8.49. The number of nitrogens with zero attached hydrogens (tertiary/aromatic N) is 1. The Hall–Kier alpha value is -2.49. The van der Waals surface area contributed by atoms with E-state index < -0.39 is 17.5 Å². The van der Waals surface area contributed by atoms with Gasteiger partial charge < -0.3 is 30.1 Å². The Kier molecular flexibility index (Phi) is 13.3. The molecule has 3 N–H and O–H groups in total. The van der Waals surface area contributed by atoms with Crippen molar-refractivity contribution in [3.63, 3.8) is 0 Å². The summed E-state index contributed by atoms with van der Waals surface area (Å²) in [7, 11) is 0. The van der Waals surface area contributed by atoms with Crippen LogP contribution in [0.3, 0.4) is 0 Å². The second-order valence-corrected chi connectivity index (χ2v) is 12.9. The van der Waals surface area contributed by atoms with E-state index in [0.717, 1.165) is 43.2 Å². The summed E-state index contributed by atoms with van der Waals surface area (Å²) in [4.78, 5) is 42.0. The number of nitrogens with one attached hydrogen (secondary N) is 2. The van der Waals surface area contributed by atoms with Gasteiger partial charge in [0.2, 0.25) is 17.7 Å². The molecule has 1 aliphatic carbocycles. The highest BCUT2D eigenvalue weighted by Gasteiger charge is 2.43. The van der Waals surface area contributed by atoms with E-state index in [0.29, 0.717) is 45.6 Å². The van der Waals surface area contributed by atoms with Gasteiger partial charge in [0.1, 0.15) is 12.1 Å². The molecule has 5 atom stereocenters. The largest absolute Gasteiger partial charge is 0.396 e. The smallest absolute Gasteiger partial charge is 0.246 e. The number of unbranched alkanes of at least 4 members (excludes halogenated alkanes) is 2. The lowest BCUT2D eigenvalue weighted by molar-refractivity contribution is -0.144. The minimum absolute atomic E-state index is 0.138. The molecule has 2 aliphatic rings. The molecule has 1 aromatic carbocycles. The summed E-state index contributed by atoms with van der Waals surface area (Å²) in [5.41, 5.74) is 1.71. The minimum Gasteiger partial charge on any atom is -0.396 e. The number of fused-ring (bicyclic) bond motifs is 1. The molecular formula is C33H53N3O6. The predicted molar refractivity (Wildman–Crippen MR) is 163 cm³/mol. The quantitative estimate of drug-likeness (QED) is 0.253. The molecule has 0 saturated carbocycles. The van der Waals surface area contributed by atoms with E-state index in [1.54, 1.807) is 4.90 Å². The first kappa shape index (κ1) is 34.0. The number of aliphatic hydroxyl groups excluding tert-OH is 1. The number of rotatable bonds is 16. The van der Waals surface area contributed by atoms with Crippen molar-refractivity contribution in [2.45, 2.75) is 110 Å². The fourth-order valence-corrected chi connectivity index (χ4v) is 5.71. The molecule has 1 aliphatic heterocycles. The summed E-state index contributed by atoms with van der Waals surface area (Å²) >= 11 is 0. The van der Waals surface area contributed by atoms with E-state index in [9.17, 15) is 14.4 Å². The van der Waals surface area contributed by atoms with Crippen LogP contribution in [0.5, 0.6) is 0 Å². The van der Waals surface area contributed by atoms with Gasteiger partial charge in [-0.2, -0.15) is 0 Å². The highest BCUT2D eigenvalue weighted by molar-refractivity contribution is 5.93. The van der Waals surface area contributed by atoms with Crippen molar-refractivity contribution in [3.8, 4) is 0 Å². The normalized spacial score (nSPS) is 21.6. The van der Waals surface area contributed by atoms with Gasteiger partial charge in [0.15, 0.2) is 0 Å². The zero-order valence-electron chi connectivity index (χ0n) is 26.3. The molecule has 9 nitrogen and oxygen atoms in total. The third kappa shape index (κ3) is 9.25. The highest BCUT2D eigenvalue weighted by Crippen LogP contribution is 2.34. The maximum Gasteiger partial charge on any atom is 0.246 e. The molecule has 236 valence electrons. The van der Waals surface area contributed by atoms with Gasteiger partial charge in [-0.3, -0.25) is 14.4 Å². The van der Waals surface area contributed by atoms with Crippen molar-refractivity contribution in [3.05, 3.63) is 35.4 Å². The number of hydrogen-bond acceptors (Lipinski definition) is 6. The van der Waals surface area contributed by atoms with Gasteiger partial charge in [0, 0.05) is 45.3 Å². The van der Waals surface area contributed by atoms with Gasteiger partial charge in [-0.1, -0.05) is 58.9 Å². The molecule has 0 spiro atoms. The third-order valence-electron chi connectivity index (χ3n) is 8.49. The number of amides is 3. The van der Waals surface area contributed by atoms with E-state index >= 15 is 0 Å². The van der Waals surface area contributed by atoms with Crippen molar-refractivity contribution in [1.82, 2.24) is 15.5 Å². The molecule has 1 aromatic rings. The van der Waals surface area contributed by atoms with Crippen LogP contribution in [-0.4, -0.2) is 78.9 Å². The number of carbonyl (C=O) groups excluding carboxylic acids is 3. The van der Waals surface area contributed by atoms with Gasteiger partial charge in [-0.15, -0.1) is 0 Å². The van der Waals surface area contributed by atoms with Crippen molar-refractivity contribution in [2.24, 2.45) is 11.3 Å². The number of benzene rings is 1. The number of hydrogen-bond donors (Lipinski definition) is 3. The summed E-state index contributed by atoms with van der Waals surface area (Å²) in [5.74, 6) is -0.709. The number of aliphatic hydroxyl groups is 1. The highest BCUT2D eigenvalue weighted by atomic mass is 16.5. The maximum atomic E-state index is 13.8. The molecule has 0 aromatic heterocycles. The topological polar surface area (TPSA) is 117 Å². The number of carbonyl (C=O) groups is 3. The average Bonchev–Trinajstić information content (AvgIpc) is 3.59. The molecule has 9 heteroatoms. The Morgan fingerprint density at radius 2 is 1.81 bits per heavy atom. The van der Waals surface area contributed by atoms with E-state index in [1.807, 2.05) is 52.8 Å². The van der Waals surface area contributed by atoms with Crippen LogP contribution in [0.1, 0.15) is 96.7 Å². The van der Waals surface area contributed by atoms with Crippen molar-refractivity contribution in [2.75, 3.05) is 33.0 Å². The monoisotopic (exact) mass is 587 g/mol. The Morgan fingerprint density at radius 3 is 2.52 bits per heavy atom. The molecule has 1 saturated heterocycles. The SMILES string of the molecule is CC[C@@H](C)C(=O)N[C@H](C(=O)N1CCC[C@H]1C(=O)N[C@H]1c2ccccc2C[C@H]1OCCCOCCCCCO)C(C)(C)C. The predicted octanol–water partition coefficient (Wildman–Crippen LogP) is 3.92. The van der Waals surface area contributed by atoms with Crippen LogP contribution in [-0.2, 0) is 30.3 Å². The van der Waals surface area contributed by atoms with Crippen LogP contribution in [0, 0.1) is 11.3 Å². The van der Waals surface area contributed by atoms with Crippen molar-refractivity contribution < 1.29 is 29.0 Å². The first-order valence-corrected chi connectivity index (χ1v) is 15.9. The van der Waals surface area contributed by atoms with Gasteiger partial charge in [-0.25, -0.2) is 0 Å². The summed E-state index contributed by atoms with van der Waals surface area (Å²) in [6.45, 7) is 12.2. The summed E-state index contributed by atoms with van der Waals surface area (Å²) in [5, 5.41) is 15.1. The molecule has 0 unspecified atom stereocenters. The second kappa shape index (κ2) is 16.4. The van der Waals surface area contributed by atoms with E-state index in [1.165, 1.54) is 0 Å². The van der Waals surface area contributed by atoms with Crippen LogP contribution in [0.15, 0.2) is 24.3 Å². The number of likely N-dealkylation sites (tertiary alicyclic amines) is 1. The Balaban J connectivity index is 1.63. The fourth-order valence-electron chi connectivity index (χ4n) is 5.71.